The second-order valence-corrected chi connectivity index (χ2v) is 4.26. The van der Waals surface area contributed by atoms with Crippen LogP contribution in [-0.4, -0.2) is 18.0 Å². The minimum absolute atomic E-state index is 0.00704. The first-order valence-corrected chi connectivity index (χ1v) is 5.57. The van der Waals surface area contributed by atoms with Crippen molar-refractivity contribution in [2.75, 3.05) is 0 Å². The molecule has 0 aliphatic heterocycles. The van der Waals surface area contributed by atoms with Gasteiger partial charge in [0.25, 0.3) is 0 Å². The van der Waals surface area contributed by atoms with Gasteiger partial charge in [-0.15, -0.1) is 0 Å². The van der Waals surface area contributed by atoms with Crippen molar-refractivity contribution >= 4 is 5.91 Å². The molecular weight excluding hydrogens is 176 g/mol. The molecule has 0 aromatic heterocycles. The Balaban J connectivity index is 3.93. The second-order valence-electron chi connectivity index (χ2n) is 4.26. The maximum Gasteiger partial charge on any atom is 0.237 e. The lowest BCUT2D eigenvalue weighted by atomic mass is 10.0. The zero-order valence-electron chi connectivity index (χ0n) is 9.84. The summed E-state index contributed by atoms with van der Waals surface area (Å²) in [5, 5.41) is 2.96. The Morgan fingerprint density at radius 2 is 1.79 bits per heavy atom. The van der Waals surface area contributed by atoms with Crippen LogP contribution in [0.25, 0.3) is 0 Å². The SMILES string of the molecule is CCC(CC)NC(=O)[C@@H](N)CC(C)C. The van der Waals surface area contributed by atoms with Gasteiger partial charge in [-0.1, -0.05) is 27.7 Å². The number of amides is 1. The molecule has 0 bridgehead atoms. The van der Waals surface area contributed by atoms with E-state index in [0.717, 1.165) is 19.3 Å². The third-order valence-electron chi connectivity index (χ3n) is 2.39. The minimum atomic E-state index is -0.351. The normalized spacial score (nSPS) is 13.4. The summed E-state index contributed by atoms with van der Waals surface area (Å²) in [4.78, 5) is 11.6. The van der Waals surface area contributed by atoms with Crippen molar-refractivity contribution in [1.29, 1.82) is 0 Å². The van der Waals surface area contributed by atoms with Crippen LogP contribution in [-0.2, 0) is 4.79 Å². The standard InChI is InChI=1S/C11H24N2O/c1-5-9(6-2)13-11(14)10(12)7-8(3)4/h8-10H,5-7,12H2,1-4H3,(H,13,14)/t10-/m0/s1. The summed E-state index contributed by atoms with van der Waals surface area (Å²) in [6.45, 7) is 8.29. The zero-order valence-corrected chi connectivity index (χ0v) is 9.84. The molecule has 0 spiro atoms. The van der Waals surface area contributed by atoms with Crippen LogP contribution in [0.5, 0.6) is 0 Å². The van der Waals surface area contributed by atoms with Crippen LogP contribution in [0, 0.1) is 5.92 Å². The molecule has 3 heteroatoms. The minimum Gasteiger partial charge on any atom is -0.352 e. The van der Waals surface area contributed by atoms with Crippen LogP contribution in [0.3, 0.4) is 0 Å². The van der Waals surface area contributed by atoms with Gasteiger partial charge >= 0.3 is 0 Å². The summed E-state index contributed by atoms with van der Waals surface area (Å²) in [6.07, 6.45) is 2.69. The molecule has 0 unspecified atom stereocenters. The monoisotopic (exact) mass is 200 g/mol. The van der Waals surface area contributed by atoms with Gasteiger partial charge in [0.2, 0.25) is 5.91 Å². The molecule has 0 fully saturated rings. The largest absolute Gasteiger partial charge is 0.352 e. The highest BCUT2D eigenvalue weighted by molar-refractivity contribution is 5.81. The predicted molar refractivity (Wildman–Crippen MR) is 59.9 cm³/mol. The number of hydrogen-bond donors (Lipinski definition) is 2. The number of nitrogens with two attached hydrogens (primary N) is 1. The van der Waals surface area contributed by atoms with Gasteiger partial charge in [-0.2, -0.15) is 0 Å². The van der Waals surface area contributed by atoms with Crippen molar-refractivity contribution in [2.45, 2.75) is 59.0 Å². The average molecular weight is 200 g/mol. The smallest absolute Gasteiger partial charge is 0.237 e. The third kappa shape index (κ3) is 5.22. The molecule has 0 saturated heterocycles. The Hall–Kier alpha value is -0.570. The zero-order chi connectivity index (χ0) is 11.1. The Morgan fingerprint density at radius 3 is 2.14 bits per heavy atom. The van der Waals surface area contributed by atoms with Crippen molar-refractivity contribution in [1.82, 2.24) is 5.32 Å². The van der Waals surface area contributed by atoms with Crippen LogP contribution < -0.4 is 11.1 Å². The van der Waals surface area contributed by atoms with E-state index in [1.54, 1.807) is 0 Å². The molecule has 0 saturated carbocycles. The number of nitrogens with one attached hydrogen (secondary N) is 1. The van der Waals surface area contributed by atoms with Crippen LogP contribution in [0.2, 0.25) is 0 Å². The fraction of sp³-hybridized carbons (Fsp3) is 0.909. The number of hydrogen-bond acceptors (Lipinski definition) is 2. The predicted octanol–water partition coefficient (Wildman–Crippen LogP) is 1.66. The fourth-order valence-corrected chi connectivity index (χ4v) is 1.42. The van der Waals surface area contributed by atoms with Gasteiger partial charge in [0.1, 0.15) is 0 Å². The van der Waals surface area contributed by atoms with E-state index >= 15 is 0 Å². The van der Waals surface area contributed by atoms with Crippen molar-refractivity contribution in [2.24, 2.45) is 11.7 Å². The molecule has 0 aromatic rings. The summed E-state index contributed by atoms with van der Waals surface area (Å²) in [5.41, 5.74) is 5.76. The van der Waals surface area contributed by atoms with Gasteiger partial charge in [0, 0.05) is 6.04 Å². The Bertz CT molecular complexity index is 165. The summed E-state index contributed by atoms with van der Waals surface area (Å²) < 4.78 is 0. The van der Waals surface area contributed by atoms with E-state index in [-0.39, 0.29) is 18.0 Å². The molecular formula is C11H24N2O. The van der Waals surface area contributed by atoms with E-state index in [1.165, 1.54) is 0 Å². The molecule has 0 heterocycles. The van der Waals surface area contributed by atoms with Crippen molar-refractivity contribution in [3.8, 4) is 0 Å². The van der Waals surface area contributed by atoms with Gasteiger partial charge in [0.15, 0.2) is 0 Å². The average Bonchev–Trinajstić information content (AvgIpc) is 2.12. The maximum absolute atomic E-state index is 11.6. The van der Waals surface area contributed by atoms with Gasteiger partial charge in [0.05, 0.1) is 6.04 Å². The van der Waals surface area contributed by atoms with Crippen LogP contribution in [0.4, 0.5) is 0 Å². The van der Waals surface area contributed by atoms with Crippen molar-refractivity contribution < 1.29 is 4.79 Å². The van der Waals surface area contributed by atoms with E-state index in [0.29, 0.717) is 5.92 Å². The molecule has 0 aliphatic carbocycles. The third-order valence-corrected chi connectivity index (χ3v) is 2.39. The summed E-state index contributed by atoms with van der Waals surface area (Å²) in [7, 11) is 0. The van der Waals surface area contributed by atoms with Crippen molar-refractivity contribution in [3.63, 3.8) is 0 Å². The first-order chi connectivity index (χ1) is 6.51. The van der Waals surface area contributed by atoms with E-state index in [2.05, 4.69) is 33.0 Å². The number of carbonyl (C=O) groups excluding carboxylic acids is 1. The Labute approximate surface area is 87.4 Å². The highest BCUT2D eigenvalue weighted by atomic mass is 16.2. The van der Waals surface area contributed by atoms with E-state index < -0.39 is 0 Å². The maximum atomic E-state index is 11.6. The molecule has 0 aromatic carbocycles. The van der Waals surface area contributed by atoms with Gasteiger partial charge in [-0.05, 0) is 25.2 Å². The van der Waals surface area contributed by atoms with Gasteiger partial charge < -0.3 is 11.1 Å². The Kier molecular flexibility index (Phi) is 6.54. The molecule has 0 rings (SSSR count). The molecule has 3 nitrogen and oxygen atoms in total. The highest BCUT2D eigenvalue weighted by Gasteiger charge is 2.16. The molecule has 84 valence electrons. The van der Waals surface area contributed by atoms with Gasteiger partial charge in [-0.25, -0.2) is 0 Å². The van der Waals surface area contributed by atoms with Crippen molar-refractivity contribution in [3.05, 3.63) is 0 Å². The molecule has 14 heavy (non-hydrogen) atoms. The van der Waals surface area contributed by atoms with Gasteiger partial charge in [-0.3, -0.25) is 4.79 Å². The highest BCUT2D eigenvalue weighted by Crippen LogP contribution is 2.04. The number of rotatable bonds is 6. The summed E-state index contributed by atoms with van der Waals surface area (Å²) >= 11 is 0. The fourth-order valence-electron chi connectivity index (χ4n) is 1.42. The van der Waals surface area contributed by atoms with E-state index in [4.69, 9.17) is 5.73 Å². The first kappa shape index (κ1) is 13.4. The van der Waals surface area contributed by atoms with E-state index in [9.17, 15) is 4.79 Å². The second kappa shape index (κ2) is 6.82. The molecule has 1 atom stereocenters. The molecule has 0 aliphatic rings. The lowest BCUT2D eigenvalue weighted by Gasteiger charge is -2.19. The lowest BCUT2D eigenvalue weighted by Crippen LogP contribution is -2.45. The molecule has 1 amide bonds. The Morgan fingerprint density at radius 1 is 1.29 bits per heavy atom. The lowest BCUT2D eigenvalue weighted by molar-refractivity contribution is -0.123. The number of carbonyl (C=O) groups is 1. The molecule has 0 radical (unpaired) electrons. The van der Waals surface area contributed by atoms with Crippen LogP contribution in [0.15, 0.2) is 0 Å². The molecule has 3 N–H and O–H groups in total. The first-order valence-electron chi connectivity index (χ1n) is 5.57. The van der Waals surface area contributed by atoms with Crippen LogP contribution in [0.1, 0.15) is 47.0 Å². The topological polar surface area (TPSA) is 55.1 Å². The summed E-state index contributed by atoms with van der Waals surface area (Å²) in [5.74, 6) is 0.463. The van der Waals surface area contributed by atoms with E-state index in [1.807, 2.05) is 0 Å². The summed E-state index contributed by atoms with van der Waals surface area (Å²) in [6, 6.07) is -0.0729. The van der Waals surface area contributed by atoms with Crippen LogP contribution >= 0.6 is 0 Å². The quantitative estimate of drug-likeness (QED) is 0.685.